The highest BCUT2D eigenvalue weighted by molar-refractivity contribution is 5.96. The number of guanidine groups is 1. The lowest BCUT2D eigenvalue weighted by molar-refractivity contribution is -0.138. The number of nitrogens with zero attached hydrogens (tertiary/aromatic N) is 2. The van der Waals surface area contributed by atoms with Gasteiger partial charge in [-0.05, 0) is 53.9 Å². The summed E-state index contributed by atoms with van der Waals surface area (Å²) >= 11 is 0. The molecule has 0 saturated carbocycles. The Morgan fingerprint density at radius 3 is 1.89 bits per heavy atom. The van der Waals surface area contributed by atoms with E-state index in [1.807, 2.05) is 0 Å². The molecule has 44 heavy (non-hydrogen) atoms. The van der Waals surface area contributed by atoms with Crippen LogP contribution in [0.2, 0.25) is 0 Å². The van der Waals surface area contributed by atoms with Gasteiger partial charge in [0.15, 0.2) is 5.96 Å². The number of halogens is 9. The van der Waals surface area contributed by atoms with E-state index in [1.165, 1.54) is 42.2 Å². The molecule has 1 atom stereocenters. The summed E-state index contributed by atoms with van der Waals surface area (Å²) < 4.78 is 125. The molecule has 4 rings (SSSR count). The van der Waals surface area contributed by atoms with Crippen LogP contribution in [0.5, 0.6) is 0 Å². The van der Waals surface area contributed by atoms with Gasteiger partial charge in [0.05, 0.1) is 48.5 Å². The summed E-state index contributed by atoms with van der Waals surface area (Å²) in [6.45, 7) is 0.798. The minimum atomic E-state index is -4.69. The van der Waals surface area contributed by atoms with Gasteiger partial charge in [-0.15, -0.1) is 0 Å². The van der Waals surface area contributed by atoms with Gasteiger partial charge in [-0.1, -0.05) is 42.5 Å². The van der Waals surface area contributed by atoms with E-state index in [0.717, 1.165) is 49.6 Å². The third kappa shape index (κ3) is 7.17. The van der Waals surface area contributed by atoms with Crippen molar-refractivity contribution in [1.82, 2.24) is 10.2 Å². The Morgan fingerprint density at radius 2 is 1.36 bits per heavy atom. The van der Waals surface area contributed by atoms with Gasteiger partial charge in [-0.3, -0.25) is 0 Å². The summed E-state index contributed by atoms with van der Waals surface area (Å²) in [4.78, 5) is 18.7. The summed E-state index contributed by atoms with van der Waals surface area (Å²) in [5.74, 6) is -0.935. The van der Waals surface area contributed by atoms with E-state index in [-0.39, 0.29) is 34.9 Å². The average molecular weight is 630 g/mol. The van der Waals surface area contributed by atoms with E-state index in [2.05, 4.69) is 10.3 Å². The third-order valence-electron chi connectivity index (χ3n) is 6.93. The number of ether oxygens (including phenoxy) is 1. The molecule has 3 aromatic rings. The van der Waals surface area contributed by atoms with Gasteiger partial charge in [0.1, 0.15) is 0 Å². The van der Waals surface area contributed by atoms with Crippen LogP contribution in [0.3, 0.4) is 0 Å². The average Bonchev–Trinajstić information content (AvgIpc) is 2.96. The Bertz CT molecular complexity index is 1560. The van der Waals surface area contributed by atoms with E-state index in [0.29, 0.717) is 5.56 Å². The number of esters is 1. The van der Waals surface area contributed by atoms with Gasteiger partial charge < -0.3 is 15.0 Å². The van der Waals surface area contributed by atoms with Crippen LogP contribution in [-0.2, 0) is 41.1 Å². The Kier molecular flexibility index (Phi) is 9.03. The Balaban J connectivity index is 1.83. The van der Waals surface area contributed by atoms with Crippen molar-refractivity contribution < 1.29 is 49.0 Å². The van der Waals surface area contributed by atoms with Crippen molar-refractivity contribution in [2.24, 2.45) is 4.99 Å². The Hall–Kier alpha value is -4.49. The van der Waals surface area contributed by atoms with Crippen molar-refractivity contribution in [3.63, 3.8) is 0 Å². The number of aliphatic imine (C=N–C) groups is 1. The normalized spacial score (nSPS) is 17.1. The largest absolute Gasteiger partial charge is 0.466 e. The van der Waals surface area contributed by atoms with Crippen molar-refractivity contribution in [2.45, 2.75) is 44.6 Å². The van der Waals surface area contributed by atoms with Crippen molar-refractivity contribution in [3.05, 3.63) is 117 Å². The minimum absolute atomic E-state index is 0.0474. The summed E-state index contributed by atoms with van der Waals surface area (Å²) in [6, 6.07) is 11.6. The van der Waals surface area contributed by atoms with Crippen LogP contribution in [0.25, 0.3) is 0 Å². The van der Waals surface area contributed by atoms with E-state index in [1.54, 1.807) is 0 Å². The number of alkyl halides is 9. The number of rotatable bonds is 6. The smallest absolute Gasteiger partial charge is 0.416 e. The lowest BCUT2D eigenvalue weighted by atomic mass is 9.93. The summed E-state index contributed by atoms with van der Waals surface area (Å²) in [5, 5.41) is 2.93. The van der Waals surface area contributed by atoms with Crippen LogP contribution in [0.15, 0.2) is 89.1 Å². The summed E-state index contributed by atoms with van der Waals surface area (Å²) in [6.07, 6.45) is -13.9. The molecule has 0 aliphatic carbocycles. The monoisotopic (exact) mass is 629 g/mol. The predicted molar refractivity (Wildman–Crippen MR) is 142 cm³/mol. The molecule has 14 heteroatoms. The van der Waals surface area contributed by atoms with Crippen molar-refractivity contribution in [1.29, 1.82) is 0 Å². The molecular weight excluding hydrogens is 605 g/mol. The van der Waals surface area contributed by atoms with Crippen molar-refractivity contribution in [3.8, 4) is 0 Å². The second-order valence-corrected chi connectivity index (χ2v) is 9.76. The number of hydrogen-bond donors (Lipinski definition) is 1. The molecule has 1 heterocycles. The first-order chi connectivity index (χ1) is 20.5. The summed E-state index contributed by atoms with van der Waals surface area (Å²) in [5.41, 5.74) is -2.32. The van der Waals surface area contributed by atoms with Gasteiger partial charge in [0, 0.05) is 5.70 Å². The molecule has 0 aromatic heterocycles. The summed E-state index contributed by atoms with van der Waals surface area (Å²) in [7, 11) is 1.09. The molecule has 1 aliphatic heterocycles. The standard InChI is InChI=1S/C30H24F9N3O2/c1-17-24(26(43)44-2)25(19-9-13-22(14-10-19)29(34,35)36)41-27(40-15-20-5-3-4-6-23(20)30(37,38)39)42(17)16-18-7-11-21(12-8-18)28(31,32)33/h3-14,25H,15-16H2,1-2H3,(H,40,41). The van der Waals surface area contributed by atoms with Gasteiger partial charge in [-0.25, -0.2) is 9.79 Å². The predicted octanol–water partition coefficient (Wildman–Crippen LogP) is 7.89. The Morgan fingerprint density at radius 1 is 0.818 bits per heavy atom. The van der Waals surface area contributed by atoms with Crippen LogP contribution in [-0.4, -0.2) is 23.9 Å². The highest BCUT2D eigenvalue weighted by atomic mass is 19.4. The number of carbonyl (C=O) groups is 1. The first-order valence-corrected chi connectivity index (χ1v) is 12.9. The number of carbonyl (C=O) groups excluding carboxylic acids is 1. The molecule has 1 N–H and O–H groups in total. The van der Waals surface area contributed by atoms with Crippen LogP contribution in [0, 0.1) is 0 Å². The SMILES string of the molecule is COC(=O)C1=C(C)N(Cc2ccc(C(F)(F)F)cc2)C(=NCc2ccccc2C(F)(F)F)NC1c1ccc(C(F)(F)F)cc1. The van der Waals surface area contributed by atoms with Gasteiger partial charge in [-0.2, -0.15) is 39.5 Å². The van der Waals surface area contributed by atoms with Gasteiger partial charge >= 0.3 is 24.5 Å². The molecule has 1 unspecified atom stereocenters. The lowest BCUT2D eigenvalue weighted by Gasteiger charge is -2.38. The molecule has 3 aromatic carbocycles. The lowest BCUT2D eigenvalue weighted by Crippen LogP contribution is -2.48. The number of methoxy groups -OCH3 is 1. The van der Waals surface area contributed by atoms with E-state index in [9.17, 15) is 44.3 Å². The number of benzene rings is 3. The Labute approximate surface area is 245 Å². The third-order valence-corrected chi connectivity index (χ3v) is 6.93. The highest BCUT2D eigenvalue weighted by Gasteiger charge is 2.37. The second kappa shape index (κ2) is 12.2. The van der Waals surface area contributed by atoms with E-state index >= 15 is 0 Å². The maximum atomic E-state index is 13.6. The molecule has 0 bridgehead atoms. The maximum Gasteiger partial charge on any atom is 0.416 e. The first kappa shape index (κ1) is 32.4. The number of hydrogen-bond acceptors (Lipinski definition) is 3. The van der Waals surface area contributed by atoms with Crippen LogP contribution in [0.1, 0.15) is 46.3 Å². The van der Waals surface area contributed by atoms with Gasteiger partial charge in [0.25, 0.3) is 0 Å². The zero-order valence-corrected chi connectivity index (χ0v) is 23.0. The minimum Gasteiger partial charge on any atom is -0.466 e. The highest BCUT2D eigenvalue weighted by Crippen LogP contribution is 2.36. The number of allylic oxidation sites excluding steroid dienone is 1. The zero-order valence-electron chi connectivity index (χ0n) is 23.0. The van der Waals surface area contributed by atoms with Crippen LogP contribution in [0.4, 0.5) is 39.5 Å². The van der Waals surface area contributed by atoms with Crippen LogP contribution >= 0.6 is 0 Å². The molecule has 0 radical (unpaired) electrons. The maximum absolute atomic E-state index is 13.6. The molecule has 0 spiro atoms. The number of nitrogens with one attached hydrogen (secondary N) is 1. The van der Waals surface area contributed by atoms with Gasteiger partial charge in [0.2, 0.25) is 0 Å². The molecular formula is C30H24F9N3O2. The first-order valence-electron chi connectivity index (χ1n) is 12.9. The van der Waals surface area contributed by atoms with Crippen molar-refractivity contribution in [2.75, 3.05) is 7.11 Å². The fraction of sp³-hybridized carbons (Fsp3) is 0.267. The fourth-order valence-electron chi connectivity index (χ4n) is 4.68. The van der Waals surface area contributed by atoms with Crippen molar-refractivity contribution >= 4 is 11.9 Å². The van der Waals surface area contributed by atoms with E-state index < -0.39 is 53.8 Å². The van der Waals surface area contributed by atoms with E-state index in [4.69, 9.17) is 4.74 Å². The second-order valence-electron chi connectivity index (χ2n) is 9.76. The molecule has 234 valence electrons. The molecule has 0 saturated heterocycles. The molecule has 5 nitrogen and oxygen atoms in total. The fourth-order valence-corrected chi connectivity index (χ4v) is 4.68. The quantitative estimate of drug-likeness (QED) is 0.223. The van der Waals surface area contributed by atoms with Crippen LogP contribution < -0.4 is 5.32 Å². The molecule has 0 fully saturated rings. The molecule has 1 aliphatic rings. The zero-order chi connectivity index (χ0) is 32.4. The molecule has 0 amide bonds. The topological polar surface area (TPSA) is 53.9 Å².